The third-order valence-electron chi connectivity index (χ3n) is 9.57. The Balaban J connectivity index is 1.45. The molecule has 5 rings (SSSR count). The van der Waals surface area contributed by atoms with Gasteiger partial charge in [-0.05, 0) is 91.8 Å². The minimum atomic E-state index is 0.444. The van der Waals surface area contributed by atoms with Gasteiger partial charge in [0, 0.05) is 19.4 Å². The van der Waals surface area contributed by atoms with Crippen molar-refractivity contribution in [1.82, 2.24) is 0 Å². The highest BCUT2D eigenvalue weighted by atomic mass is 16.5. The van der Waals surface area contributed by atoms with E-state index < -0.39 is 0 Å². The molecule has 0 aromatic carbocycles. The summed E-state index contributed by atoms with van der Waals surface area (Å²) in [7, 11) is 0. The van der Waals surface area contributed by atoms with Gasteiger partial charge in [0.15, 0.2) is 0 Å². The van der Waals surface area contributed by atoms with Crippen LogP contribution in [0, 0.1) is 40.4 Å². The van der Waals surface area contributed by atoms with Crippen LogP contribution in [-0.4, -0.2) is 18.5 Å². The van der Waals surface area contributed by atoms with Crippen LogP contribution >= 0.6 is 0 Å². The molecule has 0 aromatic heterocycles. The topological polar surface area (TPSA) is 26.3 Å². The van der Waals surface area contributed by atoms with Gasteiger partial charge in [-0.1, -0.05) is 13.8 Å². The fraction of sp³-hybridized carbons (Fsp3) is 0.955. The Kier molecular flexibility index (Phi) is 3.51. The average molecular weight is 331 g/mol. The van der Waals surface area contributed by atoms with E-state index in [9.17, 15) is 4.79 Å². The monoisotopic (exact) mass is 330 g/mol. The van der Waals surface area contributed by atoms with Crippen molar-refractivity contribution in [1.29, 1.82) is 0 Å². The fourth-order valence-corrected chi connectivity index (χ4v) is 8.33. The van der Waals surface area contributed by atoms with Crippen LogP contribution in [0.15, 0.2) is 0 Å². The van der Waals surface area contributed by atoms with Crippen molar-refractivity contribution in [2.24, 2.45) is 40.4 Å². The lowest BCUT2D eigenvalue weighted by molar-refractivity contribution is -0.148. The molecule has 5 aliphatic rings. The largest absolute Gasteiger partial charge is 0.377 e. The molecule has 134 valence electrons. The Morgan fingerprint density at radius 1 is 1.00 bits per heavy atom. The fourth-order valence-electron chi connectivity index (χ4n) is 8.33. The first kappa shape index (κ1) is 15.9. The van der Waals surface area contributed by atoms with Crippen molar-refractivity contribution >= 4 is 5.78 Å². The molecular weight excluding hydrogens is 296 g/mol. The van der Waals surface area contributed by atoms with Gasteiger partial charge in [-0.3, -0.25) is 4.79 Å². The quantitative estimate of drug-likeness (QED) is 0.624. The molecule has 0 bridgehead atoms. The van der Waals surface area contributed by atoms with Crippen LogP contribution in [0.2, 0.25) is 0 Å². The van der Waals surface area contributed by atoms with E-state index in [1.165, 1.54) is 51.4 Å². The van der Waals surface area contributed by atoms with Crippen molar-refractivity contribution in [2.45, 2.75) is 84.2 Å². The van der Waals surface area contributed by atoms with Gasteiger partial charge >= 0.3 is 0 Å². The molecule has 4 saturated carbocycles. The molecule has 4 aliphatic carbocycles. The zero-order valence-electron chi connectivity index (χ0n) is 15.6. The summed E-state index contributed by atoms with van der Waals surface area (Å²) in [6.07, 6.45) is 13.0. The lowest BCUT2D eigenvalue weighted by Crippen LogP contribution is -2.54. The summed E-state index contributed by atoms with van der Waals surface area (Å²) in [6, 6.07) is 0. The molecule has 24 heavy (non-hydrogen) atoms. The molecule has 2 nitrogen and oxygen atoms in total. The predicted octanol–water partition coefficient (Wildman–Crippen LogP) is 5.00. The third kappa shape index (κ3) is 2.01. The molecule has 0 spiro atoms. The van der Waals surface area contributed by atoms with Crippen molar-refractivity contribution in [2.75, 3.05) is 6.61 Å². The second-order valence-electron chi connectivity index (χ2n) is 10.4. The van der Waals surface area contributed by atoms with Crippen LogP contribution in [0.4, 0.5) is 0 Å². The molecular formula is C22H34O2. The summed E-state index contributed by atoms with van der Waals surface area (Å²) < 4.78 is 6.36. The van der Waals surface area contributed by atoms with Gasteiger partial charge in [-0.15, -0.1) is 0 Å². The number of rotatable bonds is 0. The van der Waals surface area contributed by atoms with Crippen LogP contribution in [0.25, 0.3) is 0 Å². The first-order valence-corrected chi connectivity index (χ1v) is 10.7. The van der Waals surface area contributed by atoms with Crippen molar-refractivity contribution < 1.29 is 9.53 Å². The van der Waals surface area contributed by atoms with Gasteiger partial charge in [0.2, 0.25) is 0 Å². The second kappa shape index (κ2) is 5.32. The molecule has 2 heteroatoms. The molecule has 1 saturated heterocycles. The molecule has 1 aliphatic heterocycles. The predicted molar refractivity (Wildman–Crippen MR) is 94.6 cm³/mol. The summed E-state index contributed by atoms with van der Waals surface area (Å²) >= 11 is 0. The van der Waals surface area contributed by atoms with Crippen LogP contribution in [0.3, 0.4) is 0 Å². The van der Waals surface area contributed by atoms with Gasteiger partial charge in [0.1, 0.15) is 5.78 Å². The number of Topliss-reactive ketones (excluding diaryl/α,β-unsaturated/α-hetero) is 1. The Morgan fingerprint density at radius 3 is 2.75 bits per heavy atom. The average Bonchev–Trinajstić information content (AvgIpc) is 2.89. The van der Waals surface area contributed by atoms with E-state index in [1.807, 2.05) is 0 Å². The van der Waals surface area contributed by atoms with E-state index in [4.69, 9.17) is 4.74 Å². The summed E-state index contributed by atoms with van der Waals surface area (Å²) in [4.78, 5) is 12.0. The van der Waals surface area contributed by atoms with Crippen LogP contribution in [0.5, 0.6) is 0 Å². The van der Waals surface area contributed by atoms with E-state index in [1.54, 1.807) is 0 Å². The Morgan fingerprint density at radius 2 is 1.88 bits per heavy atom. The van der Waals surface area contributed by atoms with Crippen LogP contribution in [-0.2, 0) is 9.53 Å². The Hall–Kier alpha value is -0.370. The normalized spacial score (nSPS) is 56.8. The van der Waals surface area contributed by atoms with E-state index >= 15 is 0 Å². The molecule has 1 heterocycles. The maximum Gasteiger partial charge on any atom is 0.133 e. The van der Waals surface area contributed by atoms with E-state index in [0.717, 1.165) is 43.1 Å². The minimum absolute atomic E-state index is 0.444. The highest BCUT2D eigenvalue weighted by molar-refractivity contribution is 5.79. The summed E-state index contributed by atoms with van der Waals surface area (Å²) in [5.74, 6) is 4.74. The molecule has 0 unspecified atom stereocenters. The van der Waals surface area contributed by atoms with E-state index in [2.05, 4.69) is 13.8 Å². The van der Waals surface area contributed by atoms with Gasteiger partial charge in [-0.25, -0.2) is 0 Å². The van der Waals surface area contributed by atoms with Gasteiger partial charge in [-0.2, -0.15) is 0 Å². The van der Waals surface area contributed by atoms with Gasteiger partial charge < -0.3 is 4.74 Å². The molecule has 0 N–H and O–H groups in total. The summed E-state index contributed by atoms with van der Waals surface area (Å²) in [5.41, 5.74) is 0.896. The molecule has 0 amide bonds. The Labute approximate surface area is 147 Å². The van der Waals surface area contributed by atoms with Crippen molar-refractivity contribution in [3.8, 4) is 0 Å². The summed E-state index contributed by atoms with van der Waals surface area (Å²) in [5, 5.41) is 0. The number of carbonyl (C=O) groups excluding carboxylic acids is 1. The zero-order valence-corrected chi connectivity index (χ0v) is 15.6. The highest BCUT2D eigenvalue weighted by Gasteiger charge is 2.62. The third-order valence-corrected chi connectivity index (χ3v) is 9.57. The molecule has 5 fully saturated rings. The number of fused-ring (bicyclic) bond motifs is 7. The summed E-state index contributed by atoms with van der Waals surface area (Å²) in [6.45, 7) is 6.13. The molecule has 8 atom stereocenters. The lowest BCUT2D eigenvalue weighted by atomic mass is 9.45. The Bertz CT molecular complexity index is 542. The SMILES string of the molecule is C[C@]12CCC(=O)C[C@@H]1CC[C@@H]1[C@@H]2CC[C@]2(C)[C@@H]3OCCC[C@H]3C[C@@H]12. The standard InChI is InChI=1S/C22H34O2/c1-21-9-7-16(23)13-15(21)5-6-17-18(21)8-10-22(2)19(17)12-14-4-3-11-24-20(14)22/h14-15,17-20H,3-13H2,1-2H3/t14-,15-,17+,18-,19-,20+,21-,22-/m0/s1. The van der Waals surface area contributed by atoms with Crippen molar-refractivity contribution in [3.05, 3.63) is 0 Å². The van der Waals surface area contributed by atoms with Gasteiger partial charge in [0.25, 0.3) is 0 Å². The smallest absolute Gasteiger partial charge is 0.133 e. The maximum atomic E-state index is 12.0. The van der Waals surface area contributed by atoms with Crippen LogP contribution in [0.1, 0.15) is 78.1 Å². The number of ether oxygens (including phenoxy) is 1. The van der Waals surface area contributed by atoms with Crippen LogP contribution < -0.4 is 0 Å². The van der Waals surface area contributed by atoms with Crippen molar-refractivity contribution in [3.63, 3.8) is 0 Å². The number of hydrogen-bond acceptors (Lipinski definition) is 2. The zero-order chi connectivity index (χ0) is 16.5. The molecule has 0 aromatic rings. The highest BCUT2D eigenvalue weighted by Crippen LogP contribution is 2.67. The molecule has 0 radical (unpaired) electrons. The minimum Gasteiger partial charge on any atom is -0.377 e. The van der Waals surface area contributed by atoms with Gasteiger partial charge in [0.05, 0.1) is 6.10 Å². The first-order valence-electron chi connectivity index (χ1n) is 10.7. The maximum absolute atomic E-state index is 12.0. The second-order valence-corrected chi connectivity index (χ2v) is 10.4. The van der Waals surface area contributed by atoms with E-state index in [0.29, 0.717) is 28.6 Å². The van der Waals surface area contributed by atoms with E-state index in [-0.39, 0.29) is 0 Å². The lowest BCUT2D eigenvalue weighted by Gasteiger charge is -2.60. The number of ketones is 1. The first-order chi connectivity index (χ1) is 11.5. The number of carbonyl (C=O) groups is 1. The number of hydrogen-bond donors (Lipinski definition) is 0.